The lowest BCUT2D eigenvalue weighted by atomic mass is 9.73. The molecule has 114 valence electrons. The second kappa shape index (κ2) is 5.35. The van der Waals surface area contributed by atoms with E-state index in [2.05, 4.69) is 5.32 Å². The van der Waals surface area contributed by atoms with Gasteiger partial charge in [-0.2, -0.15) is 0 Å². The van der Waals surface area contributed by atoms with Crippen LogP contribution in [0.5, 0.6) is 0 Å². The van der Waals surface area contributed by atoms with Crippen LogP contribution in [0.25, 0.3) is 0 Å². The Morgan fingerprint density at radius 2 is 2.33 bits per heavy atom. The number of halogens is 1. The number of fused-ring (bicyclic) bond motifs is 1. The molecule has 2 atom stereocenters. The van der Waals surface area contributed by atoms with Crippen molar-refractivity contribution < 1.29 is 18.7 Å². The van der Waals surface area contributed by atoms with E-state index >= 15 is 0 Å². The second-order valence-electron chi connectivity index (χ2n) is 5.55. The average molecular weight is 313 g/mol. The molecule has 2 saturated heterocycles. The molecule has 6 nitrogen and oxygen atoms in total. The topological polar surface area (TPSA) is 71.8 Å². The smallest absolute Gasteiger partial charge is 0.258 e. The molecule has 0 unspecified atom stereocenters. The molecule has 2 aliphatic heterocycles. The van der Waals surface area contributed by atoms with Gasteiger partial charge in [-0.25, -0.2) is 0 Å². The fraction of sp³-hybridized carbons (Fsp3) is 0.571. The fourth-order valence-electron chi connectivity index (χ4n) is 3.34. The van der Waals surface area contributed by atoms with Crippen LogP contribution in [-0.4, -0.2) is 50.1 Å². The van der Waals surface area contributed by atoms with Crippen LogP contribution in [0, 0.1) is 11.3 Å². The molecule has 0 bridgehead atoms. The number of hydrogen-bond donors (Lipinski definition) is 1. The third kappa shape index (κ3) is 2.22. The van der Waals surface area contributed by atoms with E-state index in [9.17, 15) is 9.59 Å². The third-order valence-corrected chi connectivity index (χ3v) is 4.81. The van der Waals surface area contributed by atoms with Crippen molar-refractivity contribution in [1.82, 2.24) is 10.2 Å². The first-order chi connectivity index (χ1) is 10.1. The molecule has 2 aliphatic rings. The van der Waals surface area contributed by atoms with E-state index in [1.807, 2.05) is 0 Å². The van der Waals surface area contributed by atoms with Gasteiger partial charge >= 0.3 is 0 Å². The number of furan rings is 1. The van der Waals surface area contributed by atoms with Gasteiger partial charge < -0.3 is 19.4 Å². The molecule has 0 saturated carbocycles. The number of likely N-dealkylation sites (tertiary alicyclic amines) is 1. The molecule has 1 N–H and O–H groups in total. The van der Waals surface area contributed by atoms with Gasteiger partial charge in [-0.1, -0.05) is 0 Å². The number of rotatable bonds is 2. The van der Waals surface area contributed by atoms with Crippen molar-refractivity contribution in [2.75, 3.05) is 33.4 Å². The largest absolute Gasteiger partial charge is 0.452 e. The van der Waals surface area contributed by atoms with Crippen LogP contribution in [-0.2, 0) is 9.53 Å². The van der Waals surface area contributed by atoms with Gasteiger partial charge in [-0.15, -0.1) is 0 Å². The summed E-state index contributed by atoms with van der Waals surface area (Å²) >= 11 is 5.87. The van der Waals surface area contributed by atoms with E-state index in [0.717, 1.165) is 0 Å². The molecular weight excluding hydrogens is 296 g/mol. The van der Waals surface area contributed by atoms with Gasteiger partial charge in [-0.05, 0) is 24.1 Å². The number of nitrogens with zero attached hydrogens (tertiary/aromatic N) is 1. The standard InChI is InChI=1S/C14H17ClN2O4/c1-16-13(19)14-3-5-20-7-9(14)6-17(8-14)12(18)10-2-4-21-11(10)15/h2,4,9H,3,5-8H2,1H3,(H,16,19)/t9-,14+/m1/s1. The lowest BCUT2D eigenvalue weighted by Gasteiger charge is -2.36. The molecule has 2 fully saturated rings. The van der Waals surface area contributed by atoms with E-state index in [0.29, 0.717) is 38.3 Å². The average Bonchev–Trinajstić information content (AvgIpc) is 3.09. The van der Waals surface area contributed by atoms with Crippen molar-refractivity contribution in [2.45, 2.75) is 6.42 Å². The highest BCUT2D eigenvalue weighted by Crippen LogP contribution is 2.43. The number of carbonyl (C=O) groups is 2. The number of carbonyl (C=O) groups excluding carboxylic acids is 2. The number of ether oxygens (including phenoxy) is 1. The molecular formula is C14H17ClN2O4. The van der Waals surface area contributed by atoms with Crippen molar-refractivity contribution in [3.63, 3.8) is 0 Å². The predicted molar refractivity (Wildman–Crippen MR) is 75.0 cm³/mol. The van der Waals surface area contributed by atoms with Crippen LogP contribution < -0.4 is 5.32 Å². The lowest BCUT2D eigenvalue weighted by molar-refractivity contribution is -0.138. The molecule has 7 heteroatoms. The summed E-state index contributed by atoms with van der Waals surface area (Å²) < 4.78 is 10.5. The zero-order valence-corrected chi connectivity index (χ0v) is 12.5. The monoisotopic (exact) mass is 312 g/mol. The normalized spacial score (nSPS) is 28.3. The summed E-state index contributed by atoms with van der Waals surface area (Å²) in [6.07, 6.45) is 2.01. The summed E-state index contributed by atoms with van der Waals surface area (Å²) in [5.41, 5.74) is -0.220. The number of hydrogen-bond acceptors (Lipinski definition) is 4. The van der Waals surface area contributed by atoms with Crippen LogP contribution >= 0.6 is 11.6 Å². The Morgan fingerprint density at radius 3 is 3.00 bits per heavy atom. The first kappa shape index (κ1) is 14.4. The van der Waals surface area contributed by atoms with Crippen molar-refractivity contribution in [1.29, 1.82) is 0 Å². The van der Waals surface area contributed by atoms with E-state index in [4.69, 9.17) is 20.8 Å². The quantitative estimate of drug-likeness (QED) is 0.889. The number of amides is 2. The maximum Gasteiger partial charge on any atom is 0.258 e. The highest BCUT2D eigenvalue weighted by molar-refractivity contribution is 6.32. The summed E-state index contributed by atoms with van der Waals surface area (Å²) in [5, 5.41) is 2.81. The first-order valence-corrected chi connectivity index (χ1v) is 7.28. The highest BCUT2D eigenvalue weighted by Gasteiger charge is 2.54. The van der Waals surface area contributed by atoms with Crippen LogP contribution in [0.2, 0.25) is 5.22 Å². The Morgan fingerprint density at radius 1 is 1.52 bits per heavy atom. The highest BCUT2D eigenvalue weighted by atomic mass is 35.5. The van der Waals surface area contributed by atoms with E-state index in [1.54, 1.807) is 18.0 Å². The number of nitrogens with one attached hydrogen (secondary N) is 1. The maximum atomic E-state index is 12.5. The molecule has 0 aliphatic carbocycles. The summed E-state index contributed by atoms with van der Waals surface area (Å²) in [5.74, 6) is -0.211. The van der Waals surface area contributed by atoms with E-state index in [-0.39, 0.29) is 23.0 Å². The van der Waals surface area contributed by atoms with Gasteiger partial charge in [-0.3, -0.25) is 9.59 Å². The molecule has 2 amide bonds. The molecule has 0 spiro atoms. The zero-order chi connectivity index (χ0) is 15.0. The minimum Gasteiger partial charge on any atom is -0.452 e. The molecule has 0 aromatic carbocycles. The molecule has 3 rings (SSSR count). The van der Waals surface area contributed by atoms with Crippen molar-refractivity contribution >= 4 is 23.4 Å². The summed E-state index contributed by atoms with van der Waals surface area (Å²) in [6, 6.07) is 1.55. The third-order valence-electron chi connectivity index (χ3n) is 4.52. The van der Waals surface area contributed by atoms with E-state index < -0.39 is 5.41 Å². The minimum atomic E-state index is -0.557. The zero-order valence-electron chi connectivity index (χ0n) is 11.7. The van der Waals surface area contributed by atoms with Crippen molar-refractivity contribution in [3.05, 3.63) is 23.1 Å². The minimum absolute atomic E-state index is 0.0147. The Balaban J connectivity index is 1.86. The van der Waals surface area contributed by atoms with Gasteiger partial charge in [0.2, 0.25) is 11.1 Å². The van der Waals surface area contributed by atoms with Crippen LogP contribution in [0.1, 0.15) is 16.8 Å². The first-order valence-electron chi connectivity index (χ1n) is 6.90. The Labute approximate surface area is 127 Å². The van der Waals surface area contributed by atoms with Gasteiger partial charge in [0.05, 0.1) is 23.8 Å². The summed E-state index contributed by atoms with van der Waals surface area (Å²) in [7, 11) is 1.63. The summed E-state index contributed by atoms with van der Waals surface area (Å²) in [4.78, 5) is 26.5. The Kier molecular flexibility index (Phi) is 3.67. The van der Waals surface area contributed by atoms with Crippen LogP contribution in [0.4, 0.5) is 0 Å². The Bertz CT molecular complexity index is 573. The van der Waals surface area contributed by atoms with Gasteiger partial charge in [0.1, 0.15) is 0 Å². The molecule has 1 aromatic rings. The molecule has 3 heterocycles. The predicted octanol–water partition coefficient (Wildman–Crippen LogP) is 1.16. The maximum absolute atomic E-state index is 12.5. The van der Waals surface area contributed by atoms with Gasteiger partial charge in [0, 0.05) is 32.7 Å². The van der Waals surface area contributed by atoms with E-state index in [1.165, 1.54) is 6.26 Å². The van der Waals surface area contributed by atoms with Crippen LogP contribution in [0.15, 0.2) is 16.7 Å². The van der Waals surface area contributed by atoms with Crippen LogP contribution in [0.3, 0.4) is 0 Å². The Hall–Kier alpha value is -1.53. The SMILES string of the molecule is CNC(=O)[C@]12CCOC[C@H]1CN(C(=O)c1ccoc1Cl)C2. The van der Waals surface area contributed by atoms with Crippen molar-refractivity contribution in [2.24, 2.45) is 11.3 Å². The van der Waals surface area contributed by atoms with Gasteiger partial charge in [0.25, 0.3) is 5.91 Å². The molecule has 21 heavy (non-hydrogen) atoms. The van der Waals surface area contributed by atoms with Crippen molar-refractivity contribution in [3.8, 4) is 0 Å². The summed E-state index contributed by atoms with van der Waals surface area (Å²) in [6.45, 7) is 1.92. The fourth-order valence-corrected chi connectivity index (χ4v) is 3.54. The molecule has 0 radical (unpaired) electrons. The lowest BCUT2D eigenvalue weighted by Crippen LogP contribution is -2.49. The van der Waals surface area contributed by atoms with Gasteiger partial charge in [0.15, 0.2) is 0 Å². The molecule has 1 aromatic heterocycles. The second-order valence-corrected chi connectivity index (χ2v) is 5.89.